The summed E-state index contributed by atoms with van der Waals surface area (Å²) in [5.41, 5.74) is 1.42. The largest absolute Gasteiger partial charge is 0.380 e. The lowest BCUT2D eigenvalue weighted by Gasteiger charge is -2.24. The van der Waals surface area contributed by atoms with Crippen molar-refractivity contribution >= 4 is 21.6 Å². The molecule has 1 atom stereocenters. The zero-order chi connectivity index (χ0) is 19.2. The molecule has 0 saturated heterocycles. The summed E-state index contributed by atoms with van der Waals surface area (Å²) in [6, 6.07) is 15.8. The van der Waals surface area contributed by atoms with E-state index in [2.05, 4.69) is 29.2 Å². The Hall–Kier alpha value is -2.38. The topological polar surface area (TPSA) is 87.3 Å². The standard InChI is InChI=1S/C19H25N3O3S/c1-14(2)18(22-16-7-5-4-6-8-16)13-21-19(23)15-9-11-17(12-10-15)26(24,25)20-3/h4-12,14,18,20,22H,13H2,1-3H3,(H,21,23). The molecule has 0 radical (unpaired) electrons. The van der Waals surface area contributed by atoms with Gasteiger partial charge in [0.15, 0.2) is 0 Å². The molecule has 0 bridgehead atoms. The lowest BCUT2D eigenvalue weighted by molar-refractivity contribution is 0.0950. The highest BCUT2D eigenvalue weighted by atomic mass is 32.2. The molecule has 0 heterocycles. The number of rotatable bonds is 8. The summed E-state index contributed by atoms with van der Waals surface area (Å²) in [4.78, 5) is 12.5. The second-order valence-corrected chi connectivity index (χ2v) is 8.19. The van der Waals surface area contributed by atoms with E-state index in [4.69, 9.17) is 0 Å². The van der Waals surface area contributed by atoms with Crippen LogP contribution in [0.15, 0.2) is 59.5 Å². The van der Waals surface area contributed by atoms with Gasteiger partial charge < -0.3 is 10.6 Å². The Morgan fingerprint density at radius 3 is 2.15 bits per heavy atom. The van der Waals surface area contributed by atoms with Crippen molar-refractivity contribution in [1.29, 1.82) is 0 Å². The molecule has 0 spiro atoms. The maximum atomic E-state index is 12.4. The number of nitrogens with one attached hydrogen (secondary N) is 3. The molecule has 0 aliphatic heterocycles. The third kappa shape index (κ3) is 5.31. The molecule has 0 fully saturated rings. The number of carbonyl (C=O) groups is 1. The van der Waals surface area contributed by atoms with Crippen molar-refractivity contribution in [2.45, 2.75) is 24.8 Å². The highest BCUT2D eigenvalue weighted by Crippen LogP contribution is 2.13. The fraction of sp³-hybridized carbons (Fsp3) is 0.316. The Kier molecular flexibility index (Phi) is 6.76. The lowest BCUT2D eigenvalue weighted by Crippen LogP contribution is -2.39. The van der Waals surface area contributed by atoms with Crippen molar-refractivity contribution in [2.24, 2.45) is 5.92 Å². The number of amides is 1. The van der Waals surface area contributed by atoms with E-state index in [-0.39, 0.29) is 16.8 Å². The van der Waals surface area contributed by atoms with Crippen LogP contribution >= 0.6 is 0 Å². The average Bonchev–Trinajstić information content (AvgIpc) is 2.65. The van der Waals surface area contributed by atoms with Crippen LogP contribution in [-0.2, 0) is 10.0 Å². The van der Waals surface area contributed by atoms with Gasteiger partial charge in [0.2, 0.25) is 10.0 Å². The van der Waals surface area contributed by atoms with E-state index in [1.807, 2.05) is 30.3 Å². The summed E-state index contributed by atoms with van der Waals surface area (Å²) in [7, 11) is -2.15. The smallest absolute Gasteiger partial charge is 0.251 e. The Balaban J connectivity index is 1.99. The number of benzene rings is 2. The van der Waals surface area contributed by atoms with Gasteiger partial charge in [0.25, 0.3) is 5.91 Å². The number of anilines is 1. The first kappa shape index (κ1) is 19.9. The molecule has 0 aliphatic rings. The Bertz CT molecular complexity index is 819. The third-order valence-electron chi connectivity index (χ3n) is 4.11. The molecule has 7 heteroatoms. The lowest BCUT2D eigenvalue weighted by atomic mass is 10.0. The monoisotopic (exact) mass is 375 g/mol. The van der Waals surface area contributed by atoms with Gasteiger partial charge in [-0.15, -0.1) is 0 Å². The number of hydrogen-bond donors (Lipinski definition) is 3. The first-order chi connectivity index (χ1) is 12.3. The predicted octanol–water partition coefficient (Wildman–Crippen LogP) is 2.46. The molecule has 26 heavy (non-hydrogen) atoms. The van der Waals surface area contributed by atoms with Crippen molar-refractivity contribution in [1.82, 2.24) is 10.0 Å². The van der Waals surface area contributed by atoms with Crippen molar-refractivity contribution in [3.05, 3.63) is 60.2 Å². The van der Waals surface area contributed by atoms with Crippen LogP contribution in [0.25, 0.3) is 0 Å². The molecule has 3 N–H and O–H groups in total. The molecule has 0 aromatic heterocycles. The molecule has 0 aliphatic carbocycles. The van der Waals surface area contributed by atoms with Crippen LogP contribution in [-0.4, -0.2) is 34.0 Å². The molecule has 140 valence electrons. The summed E-state index contributed by atoms with van der Waals surface area (Å²) in [6.45, 7) is 4.64. The minimum atomic E-state index is -3.50. The Labute approximate surface area is 155 Å². The molecular formula is C19H25N3O3S. The number of sulfonamides is 1. The van der Waals surface area contributed by atoms with E-state index < -0.39 is 10.0 Å². The van der Waals surface area contributed by atoms with E-state index in [1.54, 1.807) is 0 Å². The summed E-state index contributed by atoms with van der Waals surface area (Å²) >= 11 is 0. The molecule has 1 unspecified atom stereocenters. The van der Waals surface area contributed by atoms with E-state index in [0.29, 0.717) is 18.0 Å². The van der Waals surface area contributed by atoms with Crippen LogP contribution in [0.1, 0.15) is 24.2 Å². The van der Waals surface area contributed by atoms with Gasteiger partial charge in [-0.25, -0.2) is 13.1 Å². The predicted molar refractivity (Wildman–Crippen MR) is 104 cm³/mol. The van der Waals surface area contributed by atoms with E-state index in [1.165, 1.54) is 31.3 Å². The maximum absolute atomic E-state index is 12.4. The van der Waals surface area contributed by atoms with Gasteiger partial charge in [0.05, 0.1) is 4.90 Å². The van der Waals surface area contributed by atoms with Crippen molar-refractivity contribution in [2.75, 3.05) is 18.9 Å². The normalized spacial score (nSPS) is 12.6. The van der Waals surface area contributed by atoms with Gasteiger partial charge in [-0.2, -0.15) is 0 Å². The quantitative estimate of drug-likeness (QED) is 0.661. The average molecular weight is 375 g/mol. The van der Waals surface area contributed by atoms with E-state index in [9.17, 15) is 13.2 Å². The third-order valence-corrected chi connectivity index (χ3v) is 5.54. The van der Waals surface area contributed by atoms with Gasteiger partial charge in [-0.1, -0.05) is 32.0 Å². The summed E-state index contributed by atoms with van der Waals surface area (Å²) in [6.07, 6.45) is 0. The minimum Gasteiger partial charge on any atom is -0.380 e. The van der Waals surface area contributed by atoms with Crippen molar-refractivity contribution in [3.8, 4) is 0 Å². The van der Waals surface area contributed by atoms with Gasteiger partial charge >= 0.3 is 0 Å². The van der Waals surface area contributed by atoms with Gasteiger partial charge in [0, 0.05) is 23.8 Å². The van der Waals surface area contributed by atoms with E-state index >= 15 is 0 Å². The summed E-state index contributed by atoms with van der Waals surface area (Å²) in [5, 5.41) is 6.33. The van der Waals surface area contributed by atoms with Crippen LogP contribution in [0.4, 0.5) is 5.69 Å². The van der Waals surface area contributed by atoms with Crippen LogP contribution in [0.2, 0.25) is 0 Å². The molecule has 2 aromatic rings. The SMILES string of the molecule is CNS(=O)(=O)c1ccc(C(=O)NCC(Nc2ccccc2)C(C)C)cc1. The first-order valence-electron chi connectivity index (χ1n) is 8.47. The van der Waals surface area contributed by atoms with Crippen LogP contribution in [0.5, 0.6) is 0 Å². The highest BCUT2D eigenvalue weighted by molar-refractivity contribution is 7.89. The fourth-order valence-electron chi connectivity index (χ4n) is 2.41. The summed E-state index contributed by atoms with van der Waals surface area (Å²) in [5.74, 6) is 0.0811. The van der Waals surface area contributed by atoms with Gasteiger partial charge in [-0.05, 0) is 49.4 Å². The number of carbonyl (C=O) groups excluding carboxylic acids is 1. The van der Waals surface area contributed by atoms with Gasteiger partial charge in [-0.3, -0.25) is 4.79 Å². The summed E-state index contributed by atoms with van der Waals surface area (Å²) < 4.78 is 25.7. The van der Waals surface area contributed by atoms with E-state index in [0.717, 1.165) is 5.69 Å². The van der Waals surface area contributed by atoms with Crippen LogP contribution < -0.4 is 15.4 Å². The second kappa shape index (κ2) is 8.82. The van der Waals surface area contributed by atoms with Crippen molar-refractivity contribution < 1.29 is 13.2 Å². The molecular weight excluding hydrogens is 350 g/mol. The van der Waals surface area contributed by atoms with Crippen molar-refractivity contribution in [3.63, 3.8) is 0 Å². The molecule has 6 nitrogen and oxygen atoms in total. The maximum Gasteiger partial charge on any atom is 0.251 e. The number of para-hydroxylation sites is 1. The molecule has 0 saturated carbocycles. The molecule has 1 amide bonds. The zero-order valence-electron chi connectivity index (χ0n) is 15.2. The molecule has 2 aromatic carbocycles. The fourth-order valence-corrected chi connectivity index (χ4v) is 3.14. The van der Waals surface area contributed by atoms with Crippen LogP contribution in [0, 0.1) is 5.92 Å². The highest BCUT2D eigenvalue weighted by Gasteiger charge is 2.16. The minimum absolute atomic E-state index is 0.0743. The van der Waals surface area contributed by atoms with Crippen LogP contribution in [0.3, 0.4) is 0 Å². The molecule has 2 rings (SSSR count). The second-order valence-electron chi connectivity index (χ2n) is 6.30. The zero-order valence-corrected chi connectivity index (χ0v) is 16.0. The Morgan fingerprint density at radius 1 is 1.00 bits per heavy atom. The number of hydrogen-bond acceptors (Lipinski definition) is 4. The van der Waals surface area contributed by atoms with Gasteiger partial charge in [0.1, 0.15) is 0 Å². The Morgan fingerprint density at radius 2 is 1.62 bits per heavy atom. The first-order valence-corrected chi connectivity index (χ1v) is 9.95.